The van der Waals surface area contributed by atoms with Crippen molar-refractivity contribution in [1.82, 2.24) is 14.8 Å². The van der Waals surface area contributed by atoms with Gasteiger partial charge in [-0.15, -0.1) is 0 Å². The summed E-state index contributed by atoms with van der Waals surface area (Å²) < 4.78 is 1.72. The number of nitrogens with zero attached hydrogens (tertiary/aromatic N) is 3. The zero-order chi connectivity index (χ0) is 18.0. The Hall–Kier alpha value is -3.06. The van der Waals surface area contributed by atoms with Crippen LogP contribution in [-0.2, 0) is 7.05 Å². The number of rotatable bonds is 5. The fraction of sp³-hybridized carbons (Fsp3) is 0.118. The van der Waals surface area contributed by atoms with Crippen LogP contribution in [0.4, 0.5) is 23.0 Å². The molecule has 0 amide bonds. The van der Waals surface area contributed by atoms with E-state index in [4.69, 9.17) is 16.7 Å². The summed E-state index contributed by atoms with van der Waals surface area (Å²) in [7, 11) is 1.84. The molecule has 3 aromatic rings. The highest BCUT2D eigenvalue weighted by Crippen LogP contribution is 2.28. The molecule has 3 rings (SSSR count). The summed E-state index contributed by atoms with van der Waals surface area (Å²) in [5, 5.41) is 20.1. The Bertz CT molecular complexity index is 939. The summed E-state index contributed by atoms with van der Waals surface area (Å²) in [4.78, 5) is 15.3. The SMILES string of the molecule is Cc1cc(Nc2cc(Nc3cccc(C(=O)O)c3)c(Cl)cn2)n(C)n1. The molecule has 1 aromatic carbocycles. The molecule has 0 spiro atoms. The average molecular weight is 358 g/mol. The molecule has 7 nitrogen and oxygen atoms in total. The van der Waals surface area contributed by atoms with E-state index in [0.717, 1.165) is 11.5 Å². The van der Waals surface area contributed by atoms with E-state index in [9.17, 15) is 4.79 Å². The van der Waals surface area contributed by atoms with E-state index in [2.05, 4.69) is 20.7 Å². The van der Waals surface area contributed by atoms with Gasteiger partial charge in [0.2, 0.25) is 0 Å². The van der Waals surface area contributed by atoms with Crippen LogP contribution in [0, 0.1) is 6.92 Å². The van der Waals surface area contributed by atoms with Crippen LogP contribution < -0.4 is 10.6 Å². The number of benzene rings is 1. The van der Waals surface area contributed by atoms with Crippen molar-refractivity contribution in [2.45, 2.75) is 6.92 Å². The first-order valence-corrected chi connectivity index (χ1v) is 7.84. The van der Waals surface area contributed by atoms with E-state index in [1.807, 2.05) is 20.0 Å². The van der Waals surface area contributed by atoms with Crippen molar-refractivity contribution >= 4 is 40.6 Å². The molecular weight excluding hydrogens is 342 g/mol. The monoisotopic (exact) mass is 357 g/mol. The molecule has 0 radical (unpaired) electrons. The van der Waals surface area contributed by atoms with Gasteiger partial charge in [-0.1, -0.05) is 17.7 Å². The fourth-order valence-corrected chi connectivity index (χ4v) is 2.50. The van der Waals surface area contributed by atoms with Gasteiger partial charge < -0.3 is 15.7 Å². The van der Waals surface area contributed by atoms with Gasteiger partial charge in [0.1, 0.15) is 11.6 Å². The van der Waals surface area contributed by atoms with Crippen molar-refractivity contribution in [2.75, 3.05) is 10.6 Å². The van der Waals surface area contributed by atoms with Crippen LogP contribution in [-0.4, -0.2) is 25.8 Å². The lowest BCUT2D eigenvalue weighted by atomic mass is 10.2. The van der Waals surface area contributed by atoms with Crippen LogP contribution in [0.5, 0.6) is 0 Å². The summed E-state index contributed by atoms with van der Waals surface area (Å²) in [6.45, 7) is 1.91. The van der Waals surface area contributed by atoms with E-state index in [0.29, 0.717) is 22.2 Å². The largest absolute Gasteiger partial charge is 0.478 e. The maximum atomic E-state index is 11.1. The number of carboxylic acid groups (broad SMARTS) is 1. The number of carboxylic acids is 1. The lowest BCUT2D eigenvalue weighted by Crippen LogP contribution is -2.02. The molecule has 0 saturated carbocycles. The first-order valence-electron chi connectivity index (χ1n) is 7.46. The average Bonchev–Trinajstić information content (AvgIpc) is 2.88. The Morgan fingerprint density at radius 2 is 2.04 bits per heavy atom. The van der Waals surface area contributed by atoms with Crippen LogP contribution in [0.3, 0.4) is 0 Å². The number of anilines is 4. The lowest BCUT2D eigenvalue weighted by Gasteiger charge is -2.11. The summed E-state index contributed by atoms with van der Waals surface area (Å²) in [6, 6.07) is 10.1. The summed E-state index contributed by atoms with van der Waals surface area (Å²) in [6.07, 6.45) is 1.52. The second-order valence-corrected chi connectivity index (χ2v) is 5.89. The number of pyridine rings is 1. The first kappa shape index (κ1) is 16.8. The molecule has 8 heteroatoms. The summed E-state index contributed by atoms with van der Waals surface area (Å²) in [5.41, 5.74) is 2.32. The van der Waals surface area contributed by atoms with Gasteiger partial charge in [-0.05, 0) is 25.1 Å². The fourth-order valence-electron chi connectivity index (χ4n) is 2.35. The molecular formula is C17H16ClN5O2. The topological polar surface area (TPSA) is 92.1 Å². The number of aryl methyl sites for hydroxylation is 2. The standard InChI is InChI=1S/C17H16ClN5O2/c1-10-6-16(23(2)22-10)21-15-8-14(13(18)9-19-15)20-12-5-3-4-11(7-12)17(24)25/h3-9H,1-2H3,(H,24,25)(H2,19,20,21). The van der Waals surface area contributed by atoms with E-state index in [1.165, 1.54) is 18.3 Å². The Labute approximate surface area is 149 Å². The molecule has 0 aliphatic rings. The minimum absolute atomic E-state index is 0.193. The number of hydrogen-bond donors (Lipinski definition) is 3. The van der Waals surface area contributed by atoms with Crippen molar-refractivity contribution in [2.24, 2.45) is 7.05 Å². The Kier molecular flexibility index (Phi) is 4.58. The first-order chi connectivity index (χ1) is 11.9. The molecule has 0 aliphatic carbocycles. The van der Waals surface area contributed by atoms with Crippen LogP contribution in [0.25, 0.3) is 0 Å². The molecule has 0 fully saturated rings. The van der Waals surface area contributed by atoms with Crippen LogP contribution >= 0.6 is 11.6 Å². The number of hydrogen-bond acceptors (Lipinski definition) is 5. The molecule has 0 atom stereocenters. The van der Waals surface area contributed by atoms with E-state index in [-0.39, 0.29) is 5.56 Å². The highest BCUT2D eigenvalue weighted by Gasteiger charge is 2.09. The van der Waals surface area contributed by atoms with Gasteiger partial charge in [0.05, 0.1) is 28.2 Å². The smallest absolute Gasteiger partial charge is 0.335 e. The number of aromatic carboxylic acids is 1. The van der Waals surface area contributed by atoms with Crippen LogP contribution in [0.2, 0.25) is 5.02 Å². The van der Waals surface area contributed by atoms with Crippen molar-refractivity contribution in [1.29, 1.82) is 0 Å². The van der Waals surface area contributed by atoms with Gasteiger partial charge in [-0.2, -0.15) is 5.10 Å². The van der Waals surface area contributed by atoms with E-state index in [1.54, 1.807) is 22.9 Å². The highest BCUT2D eigenvalue weighted by atomic mass is 35.5. The van der Waals surface area contributed by atoms with Crippen molar-refractivity contribution < 1.29 is 9.90 Å². The molecule has 0 bridgehead atoms. The summed E-state index contributed by atoms with van der Waals surface area (Å²) in [5.74, 6) is 0.397. The normalized spacial score (nSPS) is 10.5. The third-order valence-corrected chi connectivity index (χ3v) is 3.80. The molecule has 3 N–H and O–H groups in total. The lowest BCUT2D eigenvalue weighted by molar-refractivity contribution is 0.0697. The maximum absolute atomic E-state index is 11.1. The number of carbonyl (C=O) groups is 1. The van der Waals surface area contributed by atoms with Crippen LogP contribution in [0.15, 0.2) is 42.6 Å². The third kappa shape index (κ3) is 3.89. The molecule has 128 valence electrons. The van der Waals surface area contributed by atoms with Crippen LogP contribution in [0.1, 0.15) is 16.1 Å². The van der Waals surface area contributed by atoms with Gasteiger partial charge >= 0.3 is 5.97 Å². The molecule has 2 heterocycles. The molecule has 0 saturated heterocycles. The number of halogens is 1. The summed E-state index contributed by atoms with van der Waals surface area (Å²) >= 11 is 6.20. The van der Waals surface area contributed by atoms with Crippen molar-refractivity contribution in [3.63, 3.8) is 0 Å². The molecule has 0 unspecified atom stereocenters. The quantitative estimate of drug-likeness (QED) is 0.640. The maximum Gasteiger partial charge on any atom is 0.335 e. The van der Waals surface area contributed by atoms with Gasteiger partial charge in [0.25, 0.3) is 0 Å². The van der Waals surface area contributed by atoms with E-state index >= 15 is 0 Å². The number of aromatic nitrogens is 3. The second kappa shape index (κ2) is 6.82. The minimum Gasteiger partial charge on any atom is -0.478 e. The molecule has 25 heavy (non-hydrogen) atoms. The van der Waals surface area contributed by atoms with Gasteiger partial charge in [-0.3, -0.25) is 4.68 Å². The Balaban J connectivity index is 1.85. The molecule has 0 aliphatic heterocycles. The second-order valence-electron chi connectivity index (χ2n) is 5.48. The van der Waals surface area contributed by atoms with E-state index < -0.39 is 5.97 Å². The van der Waals surface area contributed by atoms with Gasteiger partial charge in [0.15, 0.2) is 0 Å². The predicted molar refractivity (Wildman–Crippen MR) is 97.2 cm³/mol. The van der Waals surface area contributed by atoms with Gasteiger partial charge in [0, 0.05) is 24.9 Å². The zero-order valence-electron chi connectivity index (χ0n) is 13.6. The predicted octanol–water partition coefficient (Wildman–Crippen LogP) is 3.96. The van der Waals surface area contributed by atoms with Crippen molar-refractivity contribution in [3.05, 3.63) is 58.9 Å². The Morgan fingerprint density at radius 3 is 2.72 bits per heavy atom. The van der Waals surface area contributed by atoms with Crippen molar-refractivity contribution in [3.8, 4) is 0 Å². The minimum atomic E-state index is -0.988. The van der Waals surface area contributed by atoms with Gasteiger partial charge in [-0.25, -0.2) is 9.78 Å². The zero-order valence-corrected chi connectivity index (χ0v) is 14.4. The Morgan fingerprint density at radius 1 is 1.24 bits per heavy atom. The third-order valence-electron chi connectivity index (χ3n) is 3.50. The highest BCUT2D eigenvalue weighted by molar-refractivity contribution is 6.33. The number of nitrogens with one attached hydrogen (secondary N) is 2. The molecule has 2 aromatic heterocycles.